The molecule has 2 aromatic rings. The van der Waals surface area contributed by atoms with Gasteiger partial charge < -0.3 is 14.7 Å². The Kier molecular flexibility index (Phi) is 3.53. The highest BCUT2D eigenvalue weighted by Gasteiger charge is 2.26. The number of fused-ring (bicyclic) bond motifs is 1. The van der Waals surface area contributed by atoms with Crippen LogP contribution in [0.3, 0.4) is 0 Å². The fraction of sp³-hybridized carbons (Fsp3) is 0.385. The summed E-state index contributed by atoms with van der Waals surface area (Å²) in [7, 11) is 0. The topological polar surface area (TPSA) is 97.0 Å². The van der Waals surface area contributed by atoms with Crippen LogP contribution in [0.25, 0.3) is 5.65 Å². The lowest BCUT2D eigenvalue weighted by molar-refractivity contribution is -0.141. The third-order valence-electron chi connectivity index (χ3n) is 3.37. The van der Waals surface area contributed by atoms with Crippen molar-refractivity contribution in [1.82, 2.24) is 19.5 Å². The molecular formula is C13H14N4O4. The maximum Gasteiger partial charge on any atom is 0.306 e. The smallest absolute Gasteiger partial charge is 0.306 e. The van der Waals surface area contributed by atoms with Gasteiger partial charge in [0.15, 0.2) is 5.65 Å². The van der Waals surface area contributed by atoms with Crippen LogP contribution in [0.1, 0.15) is 16.8 Å². The fourth-order valence-electron chi connectivity index (χ4n) is 2.36. The minimum atomic E-state index is -0.930. The highest BCUT2D eigenvalue weighted by atomic mass is 16.5. The van der Waals surface area contributed by atoms with Crippen LogP contribution in [-0.4, -0.2) is 62.3 Å². The molecule has 0 spiro atoms. The lowest BCUT2D eigenvalue weighted by Crippen LogP contribution is -2.46. The summed E-state index contributed by atoms with van der Waals surface area (Å²) in [6.45, 7) is 1.08. The van der Waals surface area contributed by atoms with Crippen molar-refractivity contribution in [2.24, 2.45) is 0 Å². The average molecular weight is 290 g/mol. The summed E-state index contributed by atoms with van der Waals surface area (Å²) in [5.74, 6) is -1.08. The fourth-order valence-corrected chi connectivity index (χ4v) is 2.36. The van der Waals surface area contributed by atoms with Crippen molar-refractivity contribution in [3.8, 4) is 0 Å². The molecular weight excluding hydrogens is 276 g/mol. The van der Waals surface area contributed by atoms with Crippen LogP contribution in [0.5, 0.6) is 0 Å². The second kappa shape index (κ2) is 5.49. The van der Waals surface area contributed by atoms with E-state index in [1.165, 1.54) is 6.33 Å². The van der Waals surface area contributed by atoms with E-state index in [0.29, 0.717) is 24.4 Å². The number of carboxylic acids is 1. The summed E-state index contributed by atoms with van der Waals surface area (Å²) in [5, 5.41) is 16.4. The predicted octanol–water partition coefficient (Wildman–Crippen LogP) is 0.0450. The number of nitrogens with zero attached hydrogens (tertiary/aromatic N) is 4. The highest BCUT2D eigenvalue weighted by Crippen LogP contribution is 2.13. The molecule has 0 radical (unpaired) electrons. The van der Waals surface area contributed by atoms with E-state index in [-0.39, 0.29) is 18.9 Å². The Bertz CT molecular complexity index is 684. The molecule has 1 N–H and O–H groups in total. The summed E-state index contributed by atoms with van der Waals surface area (Å²) < 4.78 is 7.03. The molecule has 1 atom stereocenters. The van der Waals surface area contributed by atoms with Gasteiger partial charge in [-0.05, 0) is 12.1 Å². The third-order valence-corrected chi connectivity index (χ3v) is 3.37. The molecule has 1 amide bonds. The standard InChI is InChI=1S/C13H14N4O4/c18-12(19)5-10-7-16(3-4-21-10)13(20)9-1-2-11-15-14-8-17(11)6-9/h1-2,6,8,10H,3-5,7H2,(H,18,19). The molecule has 8 nitrogen and oxygen atoms in total. The highest BCUT2D eigenvalue weighted by molar-refractivity contribution is 5.94. The van der Waals surface area contributed by atoms with Gasteiger partial charge in [-0.1, -0.05) is 0 Å². The van der Waals surface area contributed by atoms with Crippen molar-refractivity contribution in [2.75, 3.05) is 19.7 Å². The first kappa shape index (κ1) is 13.5. The van der Waals surface area contributed by atoms with Gasteiger partial charge >= 0.3 is 5.97 Å². The molecule has 1 unspecified atom stereocenters. The Morgan fingerprint density at radius 1 is 1.43 bits per heavy atom. The number of amides is 1. The van der Waals surface area contributed by atoms with Gasteiger partial charge in [0.1, 0.15) is 6.33 Å². The third kappa shape index (κ3) is 2.84. The monoisotopic (exact) mass is 290 g/mol. The number of pyridine rings is 1. The lowest BCUT2D eigenvalue weighted by atomic mass is 10.1. The van der Waals surface area contributed by atoms with Gasteiger partial charge in [0, 0.05) is 19.3 Å². The molecule has 110 valence electrons. The van der Waals surface area contributed by atoms with Crippen LogP contribution in [0, 0.1) is 0 Å². The van der Waals surface area contributed by atoms with Crippen LogP contribution >= 0.6 is 0 Å². The molecule has 1 saturated heterocycles. The number of hydrogen-bond donors (Lipinski definition) is 1. The van der Waals surface area contributed by atoms with Crippen LogP contribution in [-0.2, 0) is 9.53 Å². The molecule has 1 aliphatic heterocycles. The Labute approximate surface area is 119 Å². The van der Waals surface area contributed by atoms with Crippen molar-refractivity contribution >= 4 is 17.5 Å². The van der Waals surface area contributed by atoms with Gasteiger partial charge in [0.2, 0.25) is 0 Å². The molecule has 8 heteroatoms. The molecule has 1 aliphatic rings. The summed E-state index contributed by atoms with van der Waals surface area (Å²) in [6, 6.07) is 3.41. The summed E-state index contributed by atoms with van der Waals surface area (Å²) in [5.41, 5.74) is 1.18. The molecule has 0 saturated carbocycles. The first-order valence-corrected chi connectivity index (χ1v) is 6.55. The van der Waals surface area contributed by atoms with E-state index in [1.54, 1.807) is 27.6 Å². The van der Waals surface area contributed by atoms with Crippen LogP contribution in [0.15, 0.2) is 24.7 Å². The molecule has 0 aromatic carbocycles. The summed E-state index contributed by atoms with van der Waals surface area (Å²) in [4.78, 5) is 24.8. The largest absolute Gasteiger partial charge is 0.481 e. The molecule has 21 heavy (non-hydrogen) atoms. The Morgan fingerprint density at radius 3 is 3.10 bits per heavy atom. The molecule has 3 heterocycles. The Morgan fingerprint density at radius 2 is 2.29 bits per heavy atom. The number of morpholine rings is 1. The maximum atomic E-state index is 12.5. The predicted molar refractivity (Wildman–Crippen MR) is 70.9 cm³/mol. The number of carbonyl (C=O) groups excluding carboxylic acids is 1. The number of carboxylic acid groups (broad SMARTS) is 1. The average Bonchev–Trinajstić information content (AvgIpc) is 2.93. The number of rotatable bonds is 3. The van der Waals surface area contributed by atoms with E-state index < -0.39 is 12.1 Å². The van der Waals surface area contributed by atoms with E-state index in [2.05, 4.69) is 10.2 Å². The van der Waals surface area contributed by atoms with Crippen LogP contribution in [0.2, 0.25) is 0 Å². The van der Waals surface area contributed by atoms with Crippen molar-refractivity contribution in [2.45, 2.75) is 12.5 Å². The molecule has 0 aliphatic carbocycles. The Hall–Kier alpha value is -2.48. The number of ether oxygens (including phenoxy) is 1. The first-order chi connectivity index (χ1) is 10.1. The molecule has 1 fully saturated rings. The zero-order chi connectivity index (χ0) is 14.8. The molecule has 2 aromatic heterocycles. The van der Waals surface area contributed by atoms with Crippen LogP contribution < -0.4 is 0 Å². The normalized spacial score (nSPS) is 18.9. The van der Waals surface area contributed by atoms with E-state index in [0.717, 1.165) is 0 Å². The zero-order valence-corrected chi connectivity index (χ0v) is 11.2. The van der Waals surface area contributed by atoms with Gasteiger partial charge in [-0.25, -0.2) is 0 Å². The molecule has 3 rings (SSSR count). The van der Waals surface area contributed by atoms with E-state index >= 15 is 0 Å². The Balaban J connectivity index is 1.75. The summed E-state index contributed by atoms with van der Waals surface area (Å²) >= 11 is 0. The SMILES string of the molecule is O=C(O)CC1CN(C(=O)c2ccc3nncn3c2)CCO1. The van der Waals surface area contributed by atoms with Gasteiger partial charge in [-0.15, -0.1) is 10.2 Å². The summed E-state index contributed by atoms with van der Waals surface area (Å²) in [6.07, 6.45) is 2.63. The minimum absolute atomic E-state index is 0.103. The van der Waals surface area contributed by atoms with E-state index in [9.17, 15) is 9.59 Å². The number of aliphatic carboxylic acids is 1. The van der Waals surface area contributed by atoms with Gasteiger partial charge in [0.25, 0.3) is 5.91 Å². The zero-order valence-electron chi connectivity index (χ0n) is 11.2. The second-order valence-corrected chi connectivity index (χ2v) is 4.86. The van der Waals surface area contributed by atoms with E-state index in [4.69, 9.17) is 9.84 Å². The van der Waals surface area contributed by atoms with Crippen molar-refractivity contribution < 1.29 is 19.4 Å². The number of hydrogen-bond acceptors (Lipinski definition) is 5. The van der Waals surface area contributed by atoms with Gasteiger partial charge in [-0.2, -0.15) is 0 Å². The van der Waals surface area contributed by atoms with Gasteiger partial charge in [-0.3, -0.25) is 14.0 Å². The quantitative estimate of drug-likeness (QED) is 0.857. The lowest BCUT2D eigenvalue weighted by Gasteiger charge is -2.32. The minimum Gasteiger partial charge on any atom is -0.481 e. The molecule has 0 bridgehead atoms. The van der Waals surface area contributed by atoms with Crippen LogP contribution in [0.4, 0.5) is 0 Å². The van der Waals surface area contributed by atoms with Gasteiger partial charge in [0.05, 0.1) is 24.7 Å². The van der Waals surface area contributed by atoms with Crippen molar-refractivity contribution in [3.63, 3.8) is 0 Å². The van der Waals surface area contributed by atoms with E-state index in [1.807, 2.05) is 0 Å². The first-order valence-electron chi connectivity index (χ1n) is 6.55. The van der Waals surface area contributed by atoms with Crippen molar-refractivity contribution in [3.05, 3.63) is 30.2 Å². The number of carbonyl (C=O) groups is 2. The number of aromatic nitrogens is 3. The second-order valence-electron chi connectivity index (χ2n) is 4.86. The maximum absolute atomic E-state index is 12.5. The van der Waals surface area contributed by atoms with Crippen molar-refractivity contribution in [1.29, 1.82) is 0 Å².